The van der Waals surface area contributed by atoms with E-state index in [4.69, 9.17) is 0 Å². The zero-order chi connectivity index (χ0) is 17.2. The number of hydrogen-bond donors (Lipinski definition) is 3. The van der Waals surface area contributed by atoms with Gasteiger partial charge < -0.3 is 15.6 Å². The molecule has 2 aromatic heterocycles. The monoisotopic (exact) mass is 353 g/mol. The molecule has 0 bridgehead atoms. The van der Waals surface area contributed by atoms with Gasteiger partial charge in [0.15, 0.2) is 0 Å². The van der Waals surface area contributed by atoms with Gasteiger partial charge in [-0.1, -0.05) is 24.3 Å². The summed E-state index contributed by atoms with van der Waals surface area (Å²) in [7, 11) is 0. The third-order valence-corrected chi connectivity index (χ3v) is 5.81. The maximum Gasteiger partial charge on any atom is 0.237 e. The molecule has 1 saturated carbocycles. The first-order valence-electron chi connectivity index (χ1n) is 8.85. The molecule has 3 aromatic rings. The van der Waals surface area contributed by atoms with Gasteiger partial charge in [0.25, 0.3) is 0 Å². The predicted octanol–water partition coefficient (Wildman–Crippen LogP) is 3.62. The third-order valence-electron chi connectivity index (χ3n) is 4.83. The van der Waals surface area contributed by atoms with Crippen LogP contribution in [0, 0.1) is 0 Å². The summed E-state index contributed by atoms with van der Waals surface area (Å²) in [6.45, 7) is 2.68. The van der Waals surface area contributed by atoms with Gasteiger partial charge in [0.1, 0.15) is 0 Å². The topological polar surface area (TPSA) is 56.9 Å². The number of H-pyrrole nitrogens is 1. The number of para-hydroxylation sites is 1. The minimum atomic E-state index is -0.187. The number of carbonyl (C=O) groups excluding carboxylic acids is 1. The molecule has 4 rings (SSSR count). The molecule has 1 aromatic carbocycles. The minimum Gasteiger partial charge on any atom is -0.361 e. The van der Waals surface area contributed by atoms with E-state index >= 15 is 0 Å². The molecule has 4 nitrogen and oxygen atoms in total. The maximum absolute atomic E-state index is 12.2. The van der Waals surface area contributed by atoms with Crippen molar-refractivity contribution in [3.63, 3.8) is 0 Å². The van der Waals surface area contributed by atoms with Crippen LogP contribution < -0.4 is 10.6 Å². The first-order chi connectivity index (χ1) is 12.2. The molecule has 0 aliphatic heterocycles. The molecule has 3 N–H and O–H groups in total. The van der Waals surface area contributed by atoms with Crippen molar-refractivity contribution < 1.29 is 4.79 Å². The fraction of sp³-hybridized carbons (Fsp3) is 0.350. The lowest BCUT2D eigenvalue weighted by molar-refractivity contribution is -0.122. The van der Waals surface area contributed by atoms with E-state index in [9.17, 15) is 4.79 Å². The molecule has 0 unspecified atom stereocenters. The summed E-state index contributed by atoms with van der Waals surface area (Å²) in [5, 5.41) is 9.87. The molecule has 130 valence electrons. The van der Waals surface area contributed by atoms with Gasteiger partial charge in [0, 0.05) is 40.5 Å². The predicted molar refractivity (Wildman–Crippen MR) is 103 cm³/mol. The number of nitrogens with one attached hydrogen (secondary N) is 3. The SMILES string of the molecule is C[C@@H](NC[C@H](c1cccs1)c1c[nH]c2ccccc12)C(=O)NC1CC1. The van der Waals surface area contributed by atoms with Crippen LogP contribution in [-0.4, -0.2) is 29.5 Å². The molecule has 0 saturated heterocycles. The summed E-state index contributed by atoms with van der Waals surface area (Å²) in [6, 6.07) is 12.9. The quantitative estimate of drug-likeness (QED) is 0.608. The highest BCUT2D eigenvalue weighted by Gasteiger charge is 2.26. The lowest BCUT2D eigenvalue weighted by Gasteiger charge is -2.20. The Kier molecular flexibility index (Phi) is 4.59. The number of thiophene rings is 1. The number of aromatic amines is 1. The van der Waals surface area contributed by atoms with Gasteiger partial charge >= 0.3 is 0 Å². The number of hydrogen-bond acceptors (Lipinski definition) is 3. The molecule has 5 heteroatoms. The van der Waals surface area contributed by atoms with Crippen molar-refractivity contribution in [2.75, 3.05) is 6.54 Å². The second kappa shape index (κ2) is 7.02. The fourth-order valence-corrected chi connectivity index (χ4v) is 4.02. The number of amides is 1. The van der Waals surface area contributed by atoms with Gasteiger partial charge in [-0.2, -0.15) is 0 Å². The van der Waals surface area contributed by atoms with Gasteiger partial charge in [-0.25, -0.2) is 0 Å². The molecule has 1 fully saturated rings. The Hall–Kier alpha value is -2.11. The Morgan fingerprint density at radius 2 is 2.12 bits per heavy atom. The average Bonchev–Trinajstić information content (AvgIpc) is 3.12. The molecule has 2 heterocycles. The Morgan fingerprint density at radius 3 is 2.88 bits per heavy atom. The number of rotatable bonds is 7. The average molecular weight is 353 g/mol. The Bertz CT molecular complexity index is 851. The van der Waals surface area contributed by atoms with Crippen molar-refractivity contribution in [2.45, 2.75) is 37.8 Å². The van der Waals surface area contributed by atoms with Crippen molar-refractivity contribution >= 4 is 28.1 Å². The van der Waals surface area contributed by atoms with Gasteiger partial charge in [-0.05, 0) is 42.8 Å². The fourth-order valence-electron chi connectivity index (χ4n) is 3.18. The normalized spacial score (nSPS) is 16.7. The highest BCUT2D eigenvalue weighted by molar-refractivity contribution is 7.10. The van der Waals surface area contributed by atoms with E-state index in [1.807, 2.05) is 13.0 Å². The molecular weight excluding hydrogens is 330 g/mol. The first kappa shape index (κ1) is 16.4. The molecule has 1 aliphatic rings. The molecule has 25 heavy (non-hydrogen) atoms. The number of aromatic nitrogens is 1. The molecule has 1 amide bonds. The van der Waals surface area contributed by atoms with Crippen molar-refractivity contribution in [3.8, 4) is 0 Å². The Morgan fingerprint density at radius 1 is 1.28 bits per heavy atom. The van der Waals surface area contributed by atoms with E-state index in [2.05, 4.69) is 57.5 Å². The molecule has 0 spiro atoms. The van der Waals surface area contributed by atoms with Gasteiger partial charge in [0.2, 0.25) is 5.91 Å². The first-order valence-corrected chi connectivity index (χ1v) is 9.73. The van der Waals surface area contributed by atoms with Crippen LogP contribution in [0.1, 0.15) is 36.1 Å². The van der Waals surface area contributed by atoms with Crippen LogP contribution in [0.2, 0.25) is 0 Å². The molecular formula is C20H23N3OS. The number of benzene rings is 1. The van der Waals surface area contributed by atoms with E-state index < -0.39 is 0 Å². The van der Waals surface area contributed by atoms with Crippen LogP contribution in [0.5, 0.6) is 0 Å². The minimum absolute atomic E-state index is 0.103. The highest BCUT2D eigenvalue weighted by atomic mass is 32.1. The summed E-state index contributed by atoms with van der Waals surface area (Å²) in [4.78, 5) is 16.9. The summed E-state index contributed by atoms with van der Waals surface area (Å²) in [5.74, 6) is 0.332. The van der Waals surface area contributed by atoms with Crippen molar-refractivity contribution in [2.24, 2.45) is 0 Å². The lowest BCUT2D eigenvalue weighted by atomic mass is 9.96. The van der Waals surface area contributed by atoms with Crippen LogP contribution >= 0.6 is 11.3 Å². The van der Waals surface area contributed by atoms with E-state index in [0.29, 0.717) is 6.04 Å². The third kappa shape index (κ3) is 3.62. The lowest BCUT2D eigenvalue weighted by Crippen LogP contribution is -2.44. The highest BCUT2D eigenvalue weighted by Crippen LogP contribution is 2.32. The Balaban J connectivity index is 1.54. The van der Waals surface area contributed by atoms with Gasteiger partial charge in [-0.3, -0.25) is 4.79 Å². The zero-order valence-corrected chi connectivity index (χ0v) is 15.1. The largest absolute Gasteiger partial charge is 0.361 e. The van der Waals surface area contributed by atoms with Crippen LogP contribution in [0.15, 0.2) is 48.0 Å². The number of carbonyl (C=O) groups is 1. The van der Waals surface area contributed by atoms with Crippen LogP contribution in [0.3, 0.4) is 0 Å². The van der Waals surface area contributed by atoms with E-state index in [-0.39, 0.29) is 17.9 Å². The van der Waals surface area contributed by atoms with Gasteiger partial charge in [-0.15, -0.1) is 11.3 Å². The zero-order valence-electron chi connectivity index (χ0n) is 14.3. The van der Waals surface area contributed by atoms with E-state index in [1.54, 1.807) is 11.3 Å². The van der Waals surface area contributed by atoms with Crippen LogP contribution in [0.4, 0.5) is 0 Å². The number of fused-ring (bicyclic) bond motifs is 1. The summed E-state index contributed by atoms with van der Waals surface area (Å²) >= 11 is 1.76. The molecule has 2 atom stereocenters. The second-order valence-electron chi connectivity index (χ2n) is 6.77. The van der Waals surface area contributed by atoms with Crippen molar-refractivity contribution in [1.29, 1.82) is 0 Å². The molecule has 1 aliphatic carbocycles. The van der Waals surface area contributed by atoms with Crippen LogP contribution in [-0.2, 0) is 4.79 Å². The summed E-state index contributed by atoms with van der Waals surface area (Å²) in [6.07, 6.45) is 4.34. The van der Waals surface area contributed by atoms with E-state index in [1.165, 1.54) is 15.8 Å². The second-order valence-corrected chi connectivity index (χ2v) is 7.75. The van der Waals surface area contributed by atoms with E-state index in [0.717, 1.165) is 24.9 Å². The smallest absolute Gasteiger partial charge is 0.237 e. The summed E-state index contributed by atoms with van der Waals surface area (Å²) < 4.78 is 0. The van der Waals surface area contributed by atoms with Crippen molar-refractivity contribution in [1.82, 2.24) is 15.6 Å². The standard InChI is InChI=1S/C20H23N3OS/c1-13(20(24)23-14-8-9-14)21-12-17(19-7-4-10-25-19)16-11-22-18-6-3-2-5-15(16)18/h2-7,10-11,13-14,17,21-22H,8-9,12H2,1H3,(H,23,24)/t13-,17+/m1/s1. The maximum atomic E-state index is 12.2. The summed E-state index contributed by atoms with van der Waals surface area (Å²) in [5.41, 5.74) is 2.43. The molecule has 0 radical (unpaired) electrons. The van der Waals surface area contributed by atoms with Crippen LogP contribution in [0.25, 0.3) is 10.9 Å². The van der Waals surface area contributed by atoms with Crippen molar-refractivity contribution in [3.05, 3.63) is 58.4 Å². The Labute approximate surface area is 151 Å². The van der Waals surface area contributed by atoms with Gasteiger partial charge in [0.05, 0.1) is 6.04 Å².